The molecule has 114 valence electrons. The molecule has 0 amide bonds. The van der Waals surface area contributed by atoms with Crippen molar-refractivity contribution in [2.75, 3.05) is 12.9 Å². The number of ether oxygens (including phenoxy) is 1. The Kier molecular flexibility index (Phi) is 4.37. The maximum atomic E-state index is 12.0. The first-order valence-corrected chi connectivity index (χ1v) is 8.45. The van der Waals surface area contributed by atoms with Crippen molar-refractivity contribution in [3.63, 3.8) is 0 Å². The molecule has 0 radical (unpaired) electrons. The van der Waals surface area contributed by atoms with Crippen LogP contribution in [-0.2, 0) is 25.8 Å². The first-order chi connectivity index (χ1) is 9.89. The molecule has 21 heavy (non-hydrogen) atoms. The summed E-state index contributed by atoms with van der Waals surface area (Å²) >= 11 is 0. The molecule has 1 atom stereocenters. The van der Waals surface area contributed by atoms with Gasteiger partial charge in [0.25, 0.3) is 0 Å². The Bertz CT molecular complexity index is 761. The molecule has 1 N–H and O–H groups in total. The van der Waals surface area contributed by atoms with Crippen molar-refractivity contribution in [3.05, 3.63) is 30.0 Å². The average Bonchev–Trinajstić information content (AvgIpc) is 2.88. The smallest absolute Gasteiger partial charge is 0.308 e. The van der Waals surface area contributed by atoms with Crippen LogP contribution in [0.3, 0.4) is 0 Å². The molecule has 0 saturated heterocycles. The van der Waals surface area contributed by atoms with Crippen LogP contribution in [0.2, 0.25) is 0 Å². The monoisotopic (exact) mass is 309 g/mol. The SMILES string of the molecule is CCS(=O)(=O)c1ccc2[nH]cc(CC(C)C(=O)OC)c2c1. The molecule has 1 heterocycles. The molecular formula is C15H19NO4S. The van der Waals surface area contributed by atoms with Gasteiger partial charge in [-0.3, -0.25) is 4.79 Å². The molecule has 1 aromatic carbocycles. The normalized spacial score (nSPS) is 13.3. The van der Waals surface area contributed by atoms with Crippen molar-refractivity contribution in [2.45, 2.75) is 25.2 Å². The van der Waals surface area contributed by atoms with Crippen LogP contribution in [0.15, 0.2) is 29.3 Å². The van der Waals surface area contributed by atoms with E-state index in [2.05, 4.69) is 4.98 Å². The van der Waals surface area contributed by atoms with Crippen LogP contribution >= 0.6 is 0 Å². The molecule has 5 nitrogen and oxygen atoms in total. The summed E-state index contributed by atoms with van der Waals surface area (Å²) < 4.78 is 28.7. The van der Waals surface area contributed by atoms with Gasteiger partial charge < -0.3 is 9.72 Å². The number of H-pyrrole nitrogens is 1. The Morgan fingerprint density at radius 2 is 2.10 bits per heavy atom. The van der Waals surface area contributed by atoms with Gasteiger partial charge in [0, 0.05) is 17.1 Å². The van der Waals surface area contributed by atoms with Gasteiger partial charge in [-0.1, -0.05) is 13.8 Å². The van der Waals surface area contributed by atoms with Crippen LogP contribution in [0.25, 0.3) is 10.9 Å². The van der Waals surface area contributed by atoms with Gasteiger partial charge in [-0.05, 0) is 30.2 Å². The van der Waals surface area contributed by atoms with Gasteiger partial charge in [0.1, 0.15) is 0 Å². The second kappa shape index (κ2) is 5.89. The third kappa shape index (κ3) is 3.10. The lowest BCUT2D eigenvalue weighted by atomic mass is 10.0. The molecule has 2 rings (SSSR count). The minimum atomic E-state index is -3.24. The second-order valence-electron chi connectivity index (χ2n) is 5.05. The summed E-state index contributed by atoms with van der Waals surface area (Å²) in [4.78, 5) is 14.9. The standard InChI is InChI=1S/C15H19NO4S/c1-4-21(18,19)12-5-6-14-13(8-12)11(9-16-14)7-10(2)15(17)20-3/h5-6,8-10,16H,4,7H2,1-3H3. The van der Waals surface area contributed by atoms with Crippen molar-refractivity contribution >= 4 is 26.7 Å². The van der Waals surface area contributed by atoms with Gasteiger partial charge in [-0.2, -0.15) is 0 Å². The highest BCUT2D eigenvalue weighted by Gasteiger charge is 2.18. The predicted molar refractivity (Wildman–Crippen MR) is 80.9 cm³/mol. The van der Waals surface area contributed by atoms with Gasteiger partial charge in [-0.25, -0.2) is 8.42 Å². The number of nitrogens with one attached hydrogen (secondary N) is 1. The summed E-state index contributed by atoms with van der Waals surface area (Å²) in [5.74, 6) is -0.487. The fourth-order valence-corrected chi connectivity index (χ4v) is 3.21. The number of sulfone groups is 1. The number of hydrogen-bond acceptors (Lipinski definition) is 4. The largest absolute Gasteiger partial charge is 0.469 e. The lowest BCUT2D eigenvalue weighted by molar-refractivity contribution is -0.144. The van der Waals surface area contributed by atoms with Crippen LogP contribution in [0.4, 0.5) is 0 Å². The van der Waals surface area contributed by atoms with Gasteiger partial charge in [0.15, 0.2) is 9.84 Å². The van der Waals surface area contributed by atoms with Gasteiger partial charge in [0.05, 0.1) is 23.7 Å². The van der Waals surface area contributed by atoms with E-state index in [0.29, 0.717) is 11.3 Å². The maximum absolute atomic E-state index is 12.0. The number of benzene rings is 1. The Balaban J connectivity index is 2.42. The third-order valence-electron chi connectivity index (χ3n) is 3.61. The fraction of sp³-hybridized carbons (Fsp3) is 0.400. The molecule has 6 heteroatoms. The summed E-state index contributed by atoms with van der Waals surface area (Å²) in [6, 6.07) is 5.03. The zero-order chi connectivity index (χ0) is 15.6. The summed E-state index contributed by atoms with van der Waals surface area (Å²) in [7, 11) is -1.88. The molecule has 0 aliphatic heterocycles. The van der Waals surface area contributed by atoms with E-state index in [1.165, 1.54) is 7.11 Å². The van der Waals surface area contributed by atoms with Crippen LogP contribution in [0.1, 0.15) is 19.4 Å². The number of aromatic amines is 1. The highest BCUT2D eigenvalue weighted by atomic mass is 32.2. The molecule has 0 spiro atoms. The van der Waals surface area contributed by atoms with Crippen molar-refractivity contribution in [3.8, 4) is 0 Å². The molecule has 0 fully saturated rings. The van der Waals surface area contributed by atoms with Gasteiger partial charge in [-0.15, -0.1) is 0 Å². The summed E-state index contributed by atoms with van der Waals surface area (Å²) in [6.45, 7) is 3.41. The second-order valence-corrected chi connectivity index (χ2v) is 7.33. The summed E-state index contributed by atoms with van der Waals surface area (Å²) in [5.41, 5.74) is 1.77. The van der Waals surface area contributed by atoms with Crippen molar-refractivity contribution in [1.82, 2.24) is 4.98 Å². The van der Waals surface area contributed by atoms with E-state index in [9.17, 15) is 13.2 Å². The van der Waals surface area contributed by atoms with E-state index in [1.54, 1.807) is 32.0 Å². The third-order valence-corrected chi connectivity index (χ3v) is 5.34. The Hall–Kier alpha value is -1.82. The lowest BCUT2D eigenvalue weighted by Crippen LogP contribution is -2.14. The molecule has 1 aromatic heterocycles. The van der Waals surface area contributed by atoms with Crippen molar-refractivity contribution in [1.29, 1.82) is 0 Å². The van der Waals surface area contributed by atoms with E-state index < -0.39 is 9.84 Å². The van der Waals surface area contributed by atoms with Crippen molar-refractivity contribution < 1.29 is 17.9 Å². The fourth-order valence-electron chi connectivity index (χ4n) is 2.30. The van der Waals surface area contributed by atoms with Crippen molar-refractivity contribution in [2.24, 2.45) is 5.92 Å². The van der Waals surface area contributed by atoms with E-state index in [1.807, 2.05) is 6.20 Å². The first-order valence-electron chi connectivity index (χ1n) is 6.79. The molecule has 0 saturated carbocycles. The van der Waals surface area contributed by atoms with E-state index in [4.69, 9.17) is 4.74 Å². The number of carbonyl (C=O) groups is 1. The molecular weight excluding hydrogens is 290 g/mol. The highest BCUT2D eigenvalue weighted by Crippen LogP contribution is 2.25. The number of aromatic nitrogens is 1. The number of fused-ring (bicyclic) bond motifs is 1. The van der Waals surface area contributed by atoms with Gasteiger partial charge >= 0.3 is 5.97 Å². The lowest BCUT2D eigenvalue weighted by Gasteiger charge is -2.08. The van der Waals surface area contributed by atoms with Gasteiger partial charge in [0.2, 0.25) is 0 Å². The minimum Gasteiger partial charge on any atom is -0.469 e. The molecule has 0 aliphatic carbocycles. The molecule has 2 aromatic rings. The number of carbonyl (C=O) groups excluding carboxylic acids is 1. The summed E-state index contributed by atoms with van der Waals surface area (Å²) in [5, 5.41) is 0.834. The van der Waals surface area contributed by atoms with E-state index >= 15 is 0 Å². The summed E-state index contributed by atoms with van der Waals surface area (Å²) in [6.07, 6.45) is 2.31. The molecule has 1 unspecified atom stereocenters. The number of esters is 1. The van der Waals surface area contributed by atoms with Crippen LogP contribution in [0, 0.1) is 5.92 Å². The first kappa shape index (κ1) is 15.6. The van der Waals surface area contributed by atoms with Crippen LogP contribution < -0.4 is 0 Å². The maximum Gasteiger partial charge on any atom is 0.308 e. The quantitative estimate of drug-likeness (QED) is 0.860. The zero-order valence-corrected chi connectivity index (χ0v) is 13.2. The molecule has 0 aliphatic rings. The zero-order valence-electron chi connectivity index (χ0n) is 12.3. The van der Waals surface area contributed by atoms with Crippen LogP contribution in [0.5, 0.6) is 0 Å². The van der Waals surface area contributed by atoms with E-state index in [-0.39, 0.29) is 17.6 Å². The topological polar surface area (TPSA) is 76.2 Å². The number of methoxy groups -OCH3 is 1. The number of hydrogen-bond donors (Lipinski definition) is 1. The van der Waals surface area contributed by atoms with Crippen LogP contribution in [-0.4, -0.2) is 32.2 Å². The Morgan fingerprint density at radius 1 is 1.38 bits per heavy atom. The molecule has 0 bridgehead atoms. The predicted octanol–water partition coefficient (Wildman–Crippen LogP) is 2.31. The average molecular weight is 309 g/mol. The number of rotatable bonds is 5. The Morgan fingerprint density at radius 3 is 2.71 bits per heavy atom. The Labute approximate surface area is 124 Å². The highest BCUT2D eigenvalue weighted by molar-refractivity contribution is 7.91. The minimum absolute atomic E-state index is 0.0663. The van der Waals surface area contributed by atoms with E-state index in [0.717, 1.165) is 16.5 Å².